The molecular weight excluding hydrogens is 380 g/mol. The van der Waals surface area contributed by atoms with Gasteiger partial charge in [-0.25, -0.2) is 4.79 Å². The molecule has 0 radical (unpaired) electrons. The standard InChI is InChI=1S/C18H36O2.C7H12O3/c1-2-3-4-5-6-7-8-9-10-11-12-13-14-15-16-17-18(19)20;8-6(9)7(10)4-2-1-3-5-7/h2-17H2,1H3,(H,19,20);10H,1-5H2,(H,8,9). The van der Waals surface area contributed by atoms with E-state index in [0.29, 0.717) is 19.3 Å². The Hall–Kier alpha value is -1.10. The van der Waals surface area contributed by atoms with E-state index in [1.807, 2.05) is 0 Å². The third-order valence-electron chi connectivity index (χ3n) is 6.07. The van der Waals surface area contributed by atoms with Gasteiger partial charge in [-0.1, -0.05) is 103 Å². The van der Waals surface area contributed by atoms with Crippen LogP contribution in [0.1, 0.15) is 142 Å². The molecule has 0 atom stereocenters. The Morgan fingerprint density at radius 2 is 1.00 bits per heavy atom. The number of carboxylic acid groups (broad SMARTS) is 2. The largest absolute Gasteiger partial charge is 0.481 e. The van der Waals surface area contributed by atoms with Crippen LogP contribution in [0.25, 0.3) is 0 Å². The van der Waals surface area contributed by atoms with Crippen LogP contribution in [0.4, 0.5) is 0 Å². The highest BCUT2D eigenvalue weighted by molar-refractivity contribution is 5.77. The molecule has 1 saturated carbocycles. The molecule has 0 bridgehead atoms. The number of rotatable bonds is 17. The first-order valence-corrected chi connectivity index (χ1v) is 12.6. The van der Waals surface area contributed by atoms with Gasteiger partial charge >= 0.3 is 11.9 Å². The highest BCUT2D eigenvalue weighted by atomic mass is 16.4. The van der Waals surface area contributed by atoms with Crippen molar-refractivity contribution in [1.82, 2.24) is 0 Å². The Bertz CT molecular complexity index is 416. The number of unbranched alkanes of at least 4 members (excludes halogenated alkanes) is 14. The zero-order valence-corrected chi connectivity index (χ0v) is 19.5. The van der Waals surface area contributed by atoms with Crippen LogP contribution in [0.15, 0.2) is 0 Å². The third-order valence-corrected chi connectivity index (χ3v) is 6.07. The normalized spacial score (nSPS) is 15.3. The van der Waals surface area contributed by atoms with Crippen molar-refractivity contribution in [3.8, 4) is 0 Å². The summed E-state index contributed by atoms with van der Waals surface area (Å²) in [6.07, 6.45) is 23.8. The minimum atomic E-state index is -1.40. The smallest absolute Gasteiger partial charge is 0.335 e. The summed E-state index contributed by atoms with van der Waals surface area (Å²) in [7, 11) is 0. The summed E-state index contributed by atoms with van der Waals surface area (Å²) in [5.74, 6) is -1.72. The van der Waals surface area contributed by atoms with Gasteiger partial charge in [-0.15, -0.1) is 0 Å². The molecule has 0 amide bonds. The molecule has 1 aliphatic carbocycles. The monoisotopic (exact) mass is 428 g/mol. The van der Waals surface area contributed by atoms with Crippen LogP contribution >= 0.6 is 0 Å². The SMILES string of the molecule is CCCCCCCCCCCCCCCCCC(=O)O.O=C(O)C1(O)CCCCC1. The summed E-state index contributed by atoms with van der Waals surface area (Å²) in [6, 6.07) is 0. The van der Waals surface area contributed by atoms with Gasteiger partial charge < -0.3 is 15.3 Å². The molecule has 0 aromatic rings. The highest BCUT2D eigenvalue weighted by Crippen LogP contribution is 2.27. The molecular formula is C25H48O5. The van der Waals surface area contributed by atoms with Crippen molar-refractivity contribution in [2.45, 2.75) is 147 Å². The maximum absolute atomic E-state index is 10.4. The Morgan fingerprint density at radius 3 is 1.30 bits per heavy atom. The number of carboxylic acids is 2. The predicted octanol–water partition coefficient (Wildman–Crippen LogP) is 7.10. The van der Waals surface area contributed by atoms with Gasteiger partial charge in [0.2, 0.25) is 0 Å². The summed E-state index contributed by atoms with van der Waals surface area (Å²) in [6.45, 7) is 2.27. The predicted molar refractivity (Wildman–Crippen MR) is 123 cm³/mol. The highest BCUT2D eigenvalue weighted by Gasteiger charge is 2.36. The first-order chi connectivity index (χ1) is 14.4. The third kappa shape index (κ3) is 17.7. The quantitative estimate of drug-likeness (QED) is 0.215. The van der Waals surface area contributed by atoms with Crippen molar-refractivity contribution in [2.75, 3.05) is 0 Å². The van der Waals surface area contributed by atoms with Gasteiger partial charge in [-0.3, -0.25) is 4.79 Å². The van der Waals surface area contributed by atoms with E-state index in [9.17, 15) is 14.7 Å². The van der Waals surface area contributed by atoms with Crippen LogP contribution < -0.4 is 0 Å². The van der Waals surface area contributed by atoms with Gasteiger partial charge in [0.1, 0.15) is 0 Å². The Labute approximate surface area is 184 Å². The van der Waals surface area contributed by atoms with E-state index in [-0.39, 0.29) is 0 Å². The van der Waals surface area contributed by atoms with Crippen molar-refractivity contribution in [3.05, 3.63) is 0 Å². The van der Waals surface area contributed by atoms with E-state index >= 15 is 0 Å². The molecule has 30 heavy (non-hydrogen) atoms. The molecule has 1 rings (SSSR count). The van der Waals surface area contributed by atoms with E-state index in [2.05, 4.69) is 6.92 Å². The van der Waals surface area contributed by atoms with Crippen LogP contribution in [0.2, 0.25) is 0 Å². The number of aliphatic carboxylic acids is 2. The second-order valence-corrected chi connectivity index (χ2v) is 8.99. The average Bonchev–Trinajstić information content (AvgIpc) is 2.71. The summed E-state index contributed by atoms with van der Waals surface area (Å²) < 4.78 is 0. The van der Waals surface area contributed by atoms with Crippen molar-refractivity contribution < 1.29 is 24.9 Å². The first-order valence-electron chi connectivity index (χ1n) is 12.6. The second-order valence-electron chi connectivity index (χ2n) is 8.99. The lowest BCUT2D eigenvalue weighted by molar-refractivity contribution is -0.161. The summed E-state index contributed by atoms with van der Waals surface area (Å²) in [5, 5.41) is 26.4. The van der Waals surface area contributed by atoms with Crippen LogP contribution in [-0.4, -0.2) is 32.9 Å². The van der Waals surface area contributed by atoms with Crippen LogP contribution in [0.5, 0.6) is 0 Å². The number of hydrogen-bond acceptors (Lipinski definition) is 3. The molecule has 5 heteroatoms. The van der Waals surface area contributed by atoms with E-state index in [0.717, 1.165) is 32.1 Å². The van der Waals surface area contributed by atoms with Gasteiger partial charge in [0.05, 0.1) is 0 Å². The van der Waals surface area contributed by atoms with Gasteiger partial charge in [-0.2, -0.15) is 0 Å². The molecule has 0 unspecified atom stereocenters. The number of carbonyl (C=O) groups is 2. The zero-order chi connectivity index (χ0) is 22.5. The summed E-state index contributed by atoms with van der Waals surface area (Å²) in [4.78, 5) is 20.8. The molecule has 0 heterocycles. The van der Waals surface area contributed by atoms with Gasteiger partial charge in [0.15, 0.2) is 5.60 Å². The summed E-state index contributed by atoms with van der Waals surface area (Å²) >= 11 is 0. The minimum Gasteiger partial charge on any atom is -0.481 e. The summed E-state index contributed by atoms with van der Waals surface area (Å²) in [5.41, 5.74) is -1.40. The maximum atomic E-state index is 10.4. The van der Waals surface area contributed by atoms with Crippen molar-refractivity contribution >= 4 is 11.9 Å². The van der Waals surface area contributed by atoms with Crippen LogP contribution in [0.3, 0.4) is 0 Å². The first kappa shape index (κ1) is 28.9. The van der Waals surface area contributed by atoms with E-state index < -0.39 is 17.5 Å². The molecule has 0 aliphatic heterocycles. The lowest BCUT2D eigenvalue weighted by Crippen LogP contribution is -2.40. The molecule has 178 valence electrons. The Morgan fingerprint density at radius 1 is 0.633 bits per heavy atom. The topological polar surface area (TPSA) is 94.8 Å². The Balaban J connectivity index is 0.000000696. The fourth-order valence-corrected chi connectivity index (χ4v) is 4.00. The number of aliphatic hydroxyl groups is 1. The molecule has 5 nitrogen and oxygen atoms in total. The fraction of sp³-hybridized carbons (Fsp3) is 0.920. The van der Waals surface area contributed by atoms with Crippen LogP contribution in [0, 0.1) is 0 Å². The molecule has 3 N–H and O–H groups in total. The van der Waals surface area contributed by atoms with E-state index in [1.54, 1.807) is 0 Å². The van der Waals surface area contributed by atoms with E-state index in [4.69, 9.17) is 10.2 Å². The van der Waals surface area contributed by atoms with Crippen molar-refractivity contribution in [1.29, 1.82) is 0 Å². The molecule has 0 aromatic heterocycles. The van der Waals surface area contributed by atoms with E-state index in [1.165, 1.54) is 83.5 Å². The average molecular weight is 429 g/mol. The van der Waals surface area contributed by atoms with Crippen LogP contribution in [-0.2, 0) is 9.59 Å². The van der Waals surface area contributed by atoms with Gasteiger partial charge in [0, 0.05) is 6.42 Å². The minimum absolute atomic E-state index is 0.345. The van der Waals surface area contributed by atoms with Gasteiger partial charge in [0.25, 0.3) is 0 Å². The molecule has 0 spiro atoms. The van der Waals surface area contributed by atoms with Crippen molar-refractivity contribution in [2.24, 2.45) is 0 Å². The molecule has 1 aliphatic rings. The maximum Gasteiger partial charge on any atom is 0.335 e. The molecule has 0 aromatic carbocycles. The van der Waals surface area contributed by atoms with Gasteiger partial charge in [-0.05, 0) is 32.1 Å². The van der Waals surface area contributed by atoms with Crippen molar-refractivity contribution in [3.63, 3.8) is 0 Å². The second kappa shape index (κ2) is 19.8. The lowest BCUT2D eigenvalue weighted by atomic mass is 9.85. The molecule has 1 fully saturated rings. The zero-order valence-electron chi connectivity index (χ0n) is 19.5. The number of hydrogen-bond donors (Lipinski definition) is 3. The lowest BCUT2D eigenvalue weighted by Gasteiger charge is -2.27. The molecule has 0 saturated heterocycles. The Kier molecular flexibility index (Phi) is 19.1. The fourth-order valence-electron chi connectivity index (χ4n) is 4.00.